The van der Waals surface area contributed by atoms with Gasteiger partial charge in [-0.3, -0.25) is 10.5 Å². The number of benzene rings is 1. The summed E-state index contributed by atoms with van der Waals surface area (Å²) in [5.41, 5.74) is 3.91. The number of para-hydroxylation sites is 1. The number of hydrogen-bond acceptors (Lipinski definition) is 5. The molecule has 2 aromatic rings. The molecule has 1 aliphatic rings. The van der Waals surface area contributed by atoms with Crippen LogP contribution in [0, 0.1) is 0 Å². The fraction of sp³-hybridized carbons (Fsp3) is 0.357. The molecule has 1 aliphatic heterocycles. The van der Waals surface area contributed by atoms with Gasteiger partial charge in [0.25, 0.3) is 0 Å². The van der Waals surface area contributed by atoms with E-state index in [4.69, 9.17) is 10.6 Å². The Balaban J connectivity index is 1.90. The van der Waals surface area contributed by atoms with Crippen molar-refractivity contribution in [1.29, 1.82) is 0 Å². The number of hydrazine groups is 1. The molecule has 2 atom stereocenters. The highest BCUT2D eigenvalue weighted by Crippen LogP contribution is 2.39. The predicted octanol–water partition coefficient (Wildman–Crippen LogP) is 2.72. The Morgan fingerprint density at radius 3 is 3.14 bits per heavy atom. The number of nitrogens with one attached hydrogen (secondary N) is 1. The SMILES string of the molecule is CCn1ncc(Br)c1C(NN)C1CSc2ccccc2O1. The first-order chi connectivity index (χ1) is 10.2. The van der Waals surface area contributed by atoms with Crippen LogP contribution in [0.3, 0.4) is 0 Å². The number of aromatic nitrogens is 2. The first kappa shape index (κ1) is 14.9. The highest BCUT2D eigenvalue weighted by molar-refractivity contribution is 9.10. The molecule has 3 rings (SSSR count). The number of rotatable bonds is 4. The summed E-state index contributed by atoms with van der Waals surface area (Å²) in [5.74, 6) is 7.56. The van der Waals surface area contributed by atoms with Crippen molar-refractivity contribution in [3.8, 4) is 5.75 Å². The Morgan fingerprint density at radius 2 is 2.38 bits per heavy atom. The molecule has 2 heterocycles. The van der Waals surface area contributed by atoms with E-state index in [1.54, 1.807) is 18.0 Å². The second kappa shape index (κ2) is 6.39. The molecule has 0 aliphatic carbocycles. The minimum absolute atomic E-state index is 0.0480. The van der Waals surface area contributed by atoms with Crippen molar-refractivity contribution >= 4 is 27.7 Å². The van der Waals surface area contributed by atoms with Crippen molar-refractivity contribution in [3.63, 3.8) is 0 Å². The average Bonchev–Trinajstić information content (AvgIpc) is 2.89. The van der Waals surface area contributed by atoms with Crippen LogP contribution in [0.25, 0.3) is 0 Å². The standard InChI is InChI=1S/C14H17BrN4OS/c1-2-19-14(9(15)7-17-19)13(18-16)11-8-21-12-6-4-3-5-10(12)20-11/h3-7,11,13,18H,2,8,16H2,1H3. The highest BCUT2D eigenvalue weighted by Gasteiger charge is 2.32. The molecule has 0 saturated carbocycles. The van der Waals surface area contributed by atoms with Gasteiger partial charge in [0, 0.05) is 17.2 Å². The zero-order valence-electron chi connectivity index (χ0n) is 11.6. The third kappa shape index (κ3) is 2.83. The van der Waals surface area contributed by atoms with E-state index >= 15 is 0 Å². The Kier molecular flexibility index (Phi) is 4.54. The van der Waals surface area contributed by atoms with Gasteiger partial charge in [0.15, 0.2) is 0 Å². The number of hydrogen-bond donors (Lipinski definition) is 2. The maximum atomic E-state index is 6.14. The number of nitrogens with two attached hydrogens (primary N) is 1. The molecule has 0 radical (unpaired) electrons. The second-order valence-electron chi connectivity index (χ2n) is 4.75. The van der Waals surface area contributed by atoms with Crippen molar-refractivity contribution < 1.29 is 4.74 Å². The van der Waals surface area contributed by atoms with E-state index < -0.39 is 0 Å². The van der Waals surface area contributed by atoms with Crippen molar-refractivity contribution in [2.24, 2.45) is 5.84 Å². The fourth-order valence-corrected chi connectivity index (χ4v) is 4.08. The highest BCUT2D eigenvalue weighted by atomic mass is 79.9. The second-order valence-corrected chi connectivity index (χ2v) is 6.67. The van der Waals surface area contributed by atoms with Crippen molar-refractivity contribution in [3.05, 3.63) is 40.6 Å². The van der Waals surface area contributed by atoms with Crippen LogP contribution in [0.4, 0.5) is 0 Å². The average molecular weight is 369 g/mol. The molecule has 0 saturated heterocycles. The monoisotopic (exact) mass is 368 g/mol. The van der Waals surface area contributed by atoms with Crippen LogP contribution in [-0.2, 0) is 6.54 Å². The fourth-order valence-electron chi connectivity index (χ4n) is 2.50. The minimum Gasteiger partial charge on any atom is -0.486 e. The lowest BCUT2D eigenvalue weighted by molar-refractivity contribution is 0.161. The van der Waals surface area contributed by atoms with Gasteiger partial charge in [-0.05, 0) is 35.0 Å². The van der Waals surface area contributed by atoms with E-state index in [1.807, 2.05) is 22.9 Å². The summed E-state index contributed by atoms with van der Waals surface area (Å²) in [4.78, 5) is 1.17. The number of ether oxygens (including phenoxy) is 1. The number of aryl methyl sites for hydroxylation is 1. The van der Waals surface area contributed by atoms with E-state index in [0.717, 1.165) is 28.2 Å². The van der Waals surface area contributed by atoms with E-state index in [9.17, 15) is 0 Å². The van der Waals surface area contributed by atoms with Gasteiger partial charge >= 0.3 is 0 Å². The summed E-state index contributed by atoms with van der Waals surface area (Å²) in [6, 6.07) is 7.96. The van der Waals surface area contributed by atoms with Crippen LogP contribution < -0.4 is 16.0 Å². The van der Waals surface area contributed by atoms with Gasteiger partial charge in [-0.1, -0.05) is 12.1 Å². The summed E-state index contributed by atoms with van der Waals surface area (Å²) < 4.78 is 9.02. The third-order valence-electron chi connectivity index (χ3n) is 3.51. The van der Waals surface area contributed by atoms with Gasteiger partial charge < -0.3 is 4.74 Å². The molecular weight excluding hydrogens is 352 g/mol. The largest absolute Gasteiger partial charge is 0.486 e. The molecule has 3 N–H and O–H groups in total. The summed E-state index contributed by atoms with van der Waals surface area (Å²) in [6.07, 6.45) is 1.75. The van der Waals surface area contributed by atoms with Crippen LogP contribution in [0.15, 0.2) is 39.8 Å². The van der Waals surface area contributed by atoms with Gasteiger partial charge in [-0.2, -0.15) is 5.10 Å². The maximum absolute atomic E-state index is 6.14. The zero-order chi connectivity index (χ0) is 14.8. The van der Waals surface area contributed by atoms with Gasteiger partial charge in [0.05, 0.1) is 16.4 Å². The van der Waals surface area contributed by atoms with Gasteiger partial charge in [0.1, 0.15) is 17.9 Å². The normalized spacial score (nSPS) is 18.9. The van der Waals surface area contributed by atoms with Crippen molar-refractivity contribution in [2.45, 2.75) is 30.5 Å². The summed E-state index contributed by atoms with van der Waals surface area (Å²) in [6.45, 7) is 2.85. The molecule has 7 heteroatoms. The smallest absolute Gasteiger partial charge is 0.133 e. The van der Waals surface area contributed by atoms with E-state index in [0.29, 0.717) is 0 Å². The lowest BCUT2D eigenvalue weighted by atomic mass is 10.1. The molecule has 112 valence electrons. The van der Waals surface area contributed by atoms with Crippen LogP contribution >= 0.6 is 27.7 Å². The van der Waals surface area contributed by atoms with Gasteiger partial charge in [-0.15, -0.1) is 11.8 Å². The quantitative estimate of drug-likeness (QED) is 0.641. The van der Waals surface area contributed by atoms with Gasteiger partial charge in [0.2, 0.25) is 0 Å². The maximum Gasteiger partial charge on any atom is 0.133 e. The predicted molar refractivity (Wildman–Crippen MR) is 87.2 cm³/mol. The molecule has 1 aromatic heterocycles. The number of fused-ring (bicyclic) bond motifs is 1. The topological polar surface area (TPSA) is 65.1 Å². The summed E-state index contributed by atoms with van der Waals surface area (Å²) in [7, 11) is 0. The molecule has 2 unspecified atom stereocenters. The van der Waals surface area contributed by atoms with E-state index in [2.05, 4.69) is 39.4 Å². The Morgan fingerprint density at radius 1 is 1.57 bits per heavy atom. The van der Waals surface area contributed by atoms with E-state index in [1.165, 1.54) is 4.90 Å². The molecule has 0 spiro atoms. The summed E-state index contributed by atoms with van der Waals surface area (Å²) >= 11 is 5.35. The van der Waals surface area contributed by atoms with Crippen LogP contribution in [0.5, 0.6) is 5.75 Å². The van der Waals surface area contributed by atoms with Crippen LogP contribution in [0.2, 0.25) is 0 Å². The number of nitrogens with zero attached hydrogens (tertiary/aromatic N) is 2. The summed E-state index contributed by atoms with van der Waals surface area (Å²) in [5, 5.41) is 4.35. The Bertz CT molecular complexity index is 633. The van der Waals surface area contributed by atoms with Crippen LogP contribution in [-0.4, -0.2) is 21.6 Å². The van der Waals surface area contributed by atoms with Crippen LogP contribution in [0.1, 0.15) is 18.7 Å². The molecule has 1 aromatic carbocycles. The first-order valence-electron chi connectivity index (χ1n) is 6.80. The van der Waals surface area contributed by atoms with E-state index in [-0.39, 0.29) is 12.1 Å². The molecule has 21 heavy (non-hydrogen) atoms. The molecule has 0 amide bonds. The third-order valence-corrected chi connectivity index (χ3v) is 5.26. The zero-order valence-corrected chi connectivity index (χ0v) is 14.0. The number of thioether (sulfide) groups is 1. The van der Waals surface area contributed by atoms with Crippen molar-refractivity contribution in [2.75, 3.05) is 5.75 Å². The minimum atomic E-state index is -0.123. The van der Waals surface area contributed by atoms with Gasteiger partial charge in [-0.25, -0.2) is 5.43 Å². The van der Waals surface area contributed by atoms with Crippen molar-refractivity contribution in [1.82, 2.24) is 15.2 Å². The lowest BCUT2D eigenvalue weighted by Crippen LogP contribution is -2.43. The molecule has 0 fully saturated rings. The molecule has 5 nitrogen and oxygen atoms in total. The Hall–Kier alpha value is -1.02. The molecular formula is C14H17BrN4OS. The Labute approximate surface area is 136 Å². The number of halogens is 1. The lowest BCUT2D eigenvalue weighted by Gasteiger charge is -2.31. The molecule has 0 bridgehead atoms. The first-order valence-corrected chi connectivity index (χ1v) is 8.58.